The zero-order valence-electron chi connectivity index (χ0n) is 26.4. The number of carbonyl (C=O) groups is 1. The van der Waals surface area contributed by atoms with Gasteiger partial charge in [-0.05, 0) is 38.1 Å². The third-order valence-corrected chi connectivity index (χ3v) is 8.95. The second kappa shape index (κ2) is 13.3. The first-order valence-corrected chi connectivity index (χ1v) is 16.4. The molecule has 2 aromatic carbocycles. The summed E-state index contributed by atoms with van der Waals surface area (Å²) in [4.78, 5) is 24.9. The lowest BCUT2D eigenvalue weighted by molar-refractivity contribution is -0.202. The Morgan fingerprint density at radius 3 is 2.64 bits per heavy atom. The van der Waals surface area contributed by atoms with Gasteiger partial charge in [0.15, 0.2) is 29.2 Å². The number of nitrogens with two attached hydrogens (primary N) is 1. The molecule has 17 heteroatoms. The molecule has 5 rings (SSSR count). The highest BCUT2D eigenvalue weighted by Crippen LogP contribution is 2.52. The molecule has 0 aliphatic carbocycles. The Bertz CT molecular complexity index is 1800. The molecule has 14 nitrogen and oxygen atoms in total. The van der Waals surface area contributed by atoms with E-state index in [0.717, 1.165) is 23.2 Å². The van der Waals surface area contributed by atoms with Crippen LogP contribution >= 0.6 is 7.75 Å². The van der Waals surface area contributed by atoms with Gasteiger partial charge in [-0.1, -0.05) is 50.2 Å². The van der Waals surface area contributed by atoms with Crippen molar-refractivity contribution in [1.82, 2.24) is 24.6 Å². The molecule has 1 fully saturated rings. The van der Waals surface area contributed by atoms with E-state index in [1.165, 1.54) is 13.0 Å². The first kappa shape index (κ1) is 34.4. The SMILES string of the molecule is CCOc1nc(N)nc2c1ncn2[C@H]1O[C@](F)(COP(=O)(NC(C)C(=O)OCC(C)C)Oc2cccc3ccccc23)[C@@H](O)[C@@]1(C)F. The molecular formula is C30H37F2N6O8P. The van der Waals surface area contributed by atoms with Gasteiger partial charge in [-0.25, -0.2) is 18.3 Å². The summed E-state index contributed by atoms with van der Waals surface area (Å²) in [6, 6.07) is 10.7. The van der Waals surface area contributed by atoms with Crippen LogP contribution in [0.3, 0.4) is 0 Å². The summed E-state index contributed by atoms with van der Waals surface area (Å²) < 4.78 is 75.5. The Morgan fingerprint density at radius 2 is 1.91 bits per heavy atom. The second-order valence-corrected chi connectivity index (χ2v) is 13.4. The number of nitrogens with zero attached hydrogens (tertiary/aromatic N) is 4. The van der Waals surface area contributed by atoms with Gasteiger partial charge in [0.25, 0.3) is 5.85 Å². The molecule has 2 aromatic heterocycles. The molecule has 2 unspecified atom stereocenters. The number of esters is 1. The number of hydrogen-bond donors (Lipinski definition) is 3. The monoisotopic (exact) mass is 678 g/mol. The maximum Gasteiger partial charge on any atom is 0.459 e. The molecule has 4 N–H and O–H groups in total. The number of nitrogens with one attached hydrogen (secondary N) is 1. The number of aromatic nitrogens is 4. The van der Waals surface area contributed by atoms with E-state index in [-0.39, 0.29) is 47.9 Å². The average molecular weight is 679 g/mol. The Morgan fingerprint density at radius 1 is 1.19 bits per heavy atom. The fourth-order valence-corrected chi connectivity index (χ4v) is 6.53. The maximum atomic E-state index is 16.5. The molecule has 0 spiro atoms. The Balaban J connectivity index is 1.44. The minimum Gasteiger partial charge on any atom is -0.476 e. The molecule has 3 heterocycles. The number of halogens is 2. The van der Waals surface area contributed by atoms with Crippen molar-refractivity contribution in [2.45, 2.75) is 64.5 Å². The highest BCUT2D eigenvalue weighted by Gasteiger charge is 2.65. The van der Waals surface area contributed by atoms with Gasteiger partial charge in [-0.3, -0.25) is 13.9 Å². The highest BCUT2D eigenvalue weighted by molar-refractivity contribution is 7.52. The minimum atomic E-state index is -4.68. The molecule has 47 heavy (non-hydrogen) atoms. The van der Waals surface area contributed by atoms with Crippen molar-refractivity contribution in [3.05, 3.63) is 48.8 Å². The lowest BCUT2D eigenvalue weighted by Crippen LogP contribution is -2.47. The Labute approximate surface area is 269 Å². The largest absolute Gasteiger partial charge is 0.476 e. The van der Waals surface area contributed by atoms with E-state index in [1.54, 1.807) is 43.3 Å². The third kappa shape index (κ3) is 7.02. The number of nitrogen functional groups attached to an aromatic ring is 1. The van der Waals surface area contributed by atoms with Crippen LogP contribution in [0.15, 0.2) is 48.8 Å². The normalized spacial score (nSPS) is 24.8. The zero-order chi connectivity index (χ0) is 34.1. The molecule has 1 aliphatic rings. The first-order valence-electron chi connectivity index (χ1n) is 14.9. The minimum absolute atomic E-state index is 0.0151. The molecule has 0 amide bonds. The van der Waals surface area contributed by atoms with Crippen molar-refractivity contribution in [3.63, 3.8) is 0 Å². The van der Waals surface area contributed by atoms with E-state index in [4.69, 9.17) is 29.0 Å². The summed E-state index contributed by atoms with van der Waals surface area (Å²) in [6.45, 7) is 6.69. The van der Waals surface area contributed by atoms with Gasteiger partial charge < -0.3 is 29.6 Å². The molecule has 1 saturated heterocycles. The topological polar surface area (TPSA) is 182 Å². The van der Waals surface area contributed by atoms with Crippen molar-refractivity contribution < 1.29 is 46.5 Å². The van der Waals surface area contributed by atoms with Gasteiger partial charge in [0.05, 0.1) is 19.5 Å². The standard InChI is InChI=1S/C30H37F2N6O8P/c1-6-42-24-22-23(35-28(33)36-24)38(16-34-22)27-29(5,31)26(40)30(32,45-27)15-44-47(41,37-18(4)25(39)43-14-17(2)3)46-21-13-9-11-19-10-7-8-12-20(19)21/h7-13,16-18,26-27,40H,6,14-15H2,1-5H3,(H,37,41)(H2,33,35,36)/t18?,26-,27-,29+,30+,47?/m0/s1. The summed E-state index contributed by atoms with van der Waals surface area (Å²) in [6.07, 6.45) is -3.21. The van der Waals surface area contributed by atoms with Gasteiger partial charge in [-0.2, -0.15) is 15.1 Å². The fraction of sp³-hybridized carbons (Fsp3) is 0.467. The van der Waals surface area contributed by atoms with Gasteiger partial charge in [0.1, 0.15) is 18.4 Å². The first-order chi connectivity index (χ1) is 22.2. The van der Waals surface area contributed by atoms with Crippen LogP contribution in [0.25, 0.3) is 21.9 Å². The van der Waals surface area contributed by atoms with Crippen LogP contribution < -0.4 is 20.1 Å². The average Bonchev–Trinajstić information content (AvgIpc) is 3.51. The number of carbonyl (C=O) groups excluding carboxylic acids is 1. The Kier molecular flexibility index (Phi) is 9.71. The highest BCUT2D eigenvalue weighted by atomic mass is 31.2. The summed E-state index contributed by atoms with van der Waals surface area (Å²) >= 11 is 0. The number of rotatable bonds is 13. The predicted molar refractivity (Wildman–Crippen MR) is 167 cm³/mol. The third-order valence-electron chi connectivity index (χ3n) is 7.34. The number of imidazole rings is 1. The van der Waals surface area contributed by atoms with Gasteiger partial charge in [0.2, 0.25) is 11.8 Å². The maximum absolute atomic E-state index is 16.5. The number of hydrogen-bond acceptors (Lipinski definition) is 12. The number of aliphatic hydroxyl groups is 1. The van der Waals surface area contributed by atoms with Crippen molar-refractivity contribution in [3.8, 4) is 11.6 Å². The molecule has 1 aliphatic heterocycles. The number of ether oxygens (including phenoxy) is 3. The molecule has 0 radical (unpaired) electrons. The van der Waals surface area contributed by atoms with E-state index < -0.39 is 50.2 Å². The van der Waals surface area contributed by atoms with E-state index in [1.807, 2.05) is 13.8 Å². The van der Waals surface area contributed by atoms with Crippen molar-refractivity contribution in [2.24, 2.45) is 5.92 Å². The number of alkyl halides is 2. The van der Waals surface area contributed by atoms with Gasteiger partial charge in [0, 0.05) is 5.39 Å². The quantitative estimate of drug-likeness (QED) is 0.132. The Hall–Kier alpha value is -3.95. The van der Waals surface area contributed by atoms with Crippen molar-refractivity contribution in [2.75, 3.05) is 25.6 Å². The molecule has 4 aromatic rings. The number of benzene rings is 2. The molecule has 0 saturated carbocycles. The molecule has 254 valence electrons. The smallest absolute Gasteiger partial charge is 0.459 e. The fourth-order valence-electron chi connectivity index (χ4n) is 5.01. The molecular weight excluding hydrogens is 641 g/mol. The predicted octanol–water partition coefficient (Wildman–Crippen LogP) is 4.63. The van der Waals surface area contributed by atoms with E-state index in [0.29, 0.717) is 5.39 Å². The van der Waals surface area contributed by atoms with Gasteiger partial charge in [-0.15, -0.1) is 0 Å². The number of fused-ring (bicyclic) bond motifs is 2. The van der Waals surface area contributed by atoms with Crippen LogP contribution in [0.1, 0.15) is 40.8 Å². The van der Waals surface area contributed by atoms with Crippen LogP contribution in [0.2, 0.25) is 0 Å². The number of anilines is 1. The van der Waals surface area contributed by atoms with E-state index in [9.17, 15) is 14.5 Å². The van der Waals surface area contributed by atoms with Crippen LogP contribution in [-0.4, -0.2) is 74.1 Å². The lowest BCUT2D eigenvalue weighted by atomic mass is 9.97. The van der Waals surface area contributed by atoms with Crippen LogP contribution in [-0.2, 0) is 23.4 Å². The van der Waals surface area contributed by atoms with E-state index in [2.05, 4.69) is 20.0 Å². The van der Waals surface area contributed by atoms with Crippen LogP contribution in [0.5, 0.6) is 11.6 Å². The summed E-state index contributed by atoms with van der Waals surface area (Å²) in [5, 5.41) is 14.7. The van der Waals surface area contributed by atoms with Crippen LogP contribution in [0.4, 0.5) is 14.7 Å². The summed E-state index contributed by atoms with van der Waals surface area (Å²) in [5.41, 5.74) is 3.05. The van der Waals surface area contributed by atoms with Gasteiger partial charge >= 0.3 is 13.7 Å². The lowest BCUT2D eigenvalue weighted by Gasteiger charge is -2.28. The zero-order valence-corrected chi connectivity index (χ0v) is 27.3. The summed E-state index contributed by atoms with van der Waals surface area (Å²) in [7, 11) is -4.68. The molecule has 0 bridgehead atoms. The number of aliphatic hydroxyl groups excluding tert-OH is 1. The molecule has 6 atom stereocenters. The van der Waals surface area contributed by atoms with Crippen molar-refractivity contribution in [1.29, 1.82) is 0 Å². The second-order valence-electron chi connectivity index (χ2n) is 11.7. The van der Waals surface area contributed by atoms with Crippen LogP contribution in [0, 0.1) is 5.92 Å². The van der Waals surface area contributed by atoms with E-state index >= 15 is 8.78 Å². The van der Waals surface area contributed by atoms with Crippen molar-refractivity contribution >= 4 is 41.6 Å². The summed E-state index contributed by atoms with van der Waals surface area (Å²) in [5.74, 6) is -4.16.